The molecule has 2 heteroatoms. The molecule has 0 aromatic heterocycles. The maximum Gasteiger partial charge on any atom is 0.120 e. The lowest BCUT2D eigenvalue weighted by atomic mass is 10.1. The first-order valence-electron chi connectivity index (χ1n) is 5.16. The van der Waals surface area contributed by atoms with Gasteiger partial charge in [-0.25, -0.2) is 0 Å². The van der Waals surface area contributed by atoms with E-state index < -0.39 is 0 Å². The number of nitrogens with zero attached hydrogens (tertiary/aromatic N) is 1. The Morgan fingerprint density at radius 2 is 1.93 bits per heavy atom. The highest BCUT2D eigenvalue weighted by Crippen LogP contribution is 2.18. The zero-order valence-corrected chi connectivity index (χ0v) is 9.20. The molecule has 0 heterocycles. The van der Waals surface area contributed by atoms with Gasteiger partial charge in [0.05, 0.1) is 0 Å². The van der Waals surface area contributed by atoms with E-state index in [0.717, 1.165) is 18.7 Å². The molecule has 1 rings (SSSR count). The maximum atomic E-state index is 9.61. The molecule has 1 aromatic rings. The van der Waals surface area contributed by atoms with Crippen molar-refractivity contribution in [3.8, 4) is 5.75 Å². The van der Waals surface area contributed by atoms with Crippen molar-refractivity contribution < 1.29 is 5.11 Å². The highest BCUT2D eigenvalue weighted by molar-refractivity contribution is 5.31. The fourth-order valence-corrected chi connectivity index (χ4v) is 1.52. The van der Waals surface area contributed by atoms with Gasteiger partial charge in [0.15, 0.2) is 0 Å². The van der Waals surface area contributed by atoms with Crippen molar-refractivity contribution in [2.24, 2.45) is 0 Å². The van der Waals surface area contributed by atoms with Gasteiger partial charge in [0.1, 0.15) is 5.75 Å². The van der Waals surface area contributed by atoms with Crippen molar-refractivity contribution in [2.45, 2.75) is 33.4 Å². The summed E-state index contributed by atoms with van der Waals surface area (Å²) in [6, 6.07) is 8.04. The Hall–Kier alpha value is -1.02. The quantitative estimate of drug-likeness (QED) is 0.794. The molecule has 0 saturated carbocycles. The van der Waals surface area contributed by atoms with Gasteiger partial charge in [-0.05, 0) is 26.5 Å². The van der Waals surface area contributed by atoms with Gasteiger partial charge in [-0.3, -0.25) is 4.90 Å². The standard InChI is InChI=1S/C12H19NO/c1-4-13(10(2)3)9-11-7-5-6-8-12(11)14/h5-8,10,14H,4,9H2,1-3H3. The van der Waals surface area contributed by atoms with Crippen LogP contribution in [0.4, 0.5) is 0 Å². The van der Waals surface area contributed by atoms with Crippen LogP contribution in [0, 0.1) is 0 Å². The summed E-state index contributed by atoms with van der Waals surface area (Å²) in [5.41, 5.74) is 1.00. The highest BCUT2D eigenvalue weighted by atomic mass is 16.3. The van der Waals surface area contributed by atoms with Crippen LogP contribution in [0.25, 0.3) is 0 Å². The van der Waals surface area contributed by atoms with Crippen LogP contribution in [-0.2, 0) is 6.54 Å². The van der Waals surface area contributed by atoms with Crippen molar-refractivity contribution >= 4 is 0 Å². The molecule has 0 aliphatic heterocycles. The third-order valence-corrected chi connectivity index (χ3v) is 2.50. The fourth-order valence-electron chi connectivity index (χ4n) is 1.52. The van der Waals surface area contributed by atoms with Gasteiger partial charge < -0.3 is 5.11 Å². The van der Waals surface area contributed by atoms with Gasteiger partial charge in [0.25, 0.3) is 0 Å². The largest absolute Gasteiger partial charge is 0.508 e. The number of para-hydroxylation sites is 1. The molecule has 0 saturated heterocycles. The van der Waals surface area contributed by atoms with Crippen molar-refractivity contribution in [1.29, 1.82) is 0 Å². The van der Waals surface area contributed by atoms with Crippen LogP contribution in [0.1, 0.15) is 26.3 Å². The number of phenols is 1. The summed E-state index contributed by atoms with van der Waals surface area (Å²) in [5, 5.41) is 9.61. The highest BCUT2D eigenvalue weighted by Gasteiger charge is 2.09. The van der Waals surface area contributed by atoms with Crippen molar-refractivity contribution in [3.63, 3.8) is 0 Å². The molecule has 2 nitrogen and oxygen atoms in total. The summed E-state index contributed by atoms with van der Waals surface area (Å²) in [4.78, 5) is 2.31. The van der Waals surface area contributed by atoms with Crippen LogP contribution in [-0.4, -0.2) is 22.6 Å². The molecule has 0 aliphatic rings. The Labute approximate surface area is 86.2 Å². The van der Waals surface area contributed by atoms with Crippen molar-refractivity contribution in [2.75, 3.05) is 6.54 Å². The van der Waals surface area contributed by atoms with E-state index in [0.29, 0.717) is 11.8 Å². The van der Waals surface area contributed by atoms with E-state index in [2.05, 4.69) is 25.7 Å². The Kier molecular flexibility index (Phi) is 3.96. The van der Waals surface area contributed by atoms with Crippen molar-refractivity contribution in [1.82, 2.24) is 4.90 Å². The average Bonchev–Trinajstić information content (AvgIpc) is 2.16. The minimum Gasteiger partial charge on any atom is -0.508 e. The van der Waals surface area contributed by atoms with Gasteiger partial charge >= 0.3 is 0 Å². The van der Waals surface area contributed by atoms with Gasteiger partial charge in [0.2, 0.25) is 0 Å². The Balaban J connectivity index is 2.72. The third-order valence-electron chi connectivity index (χ3n) is 2.50. The molecule has 0 radical (unpaired) electrons. The summed E-state index contributed by atoms with van der Waals surface area (Å²) >= 11 is 0. The van der Waals surface area contributed by atoms with E-state index >= 15 is 0 Å². The minimum atomic E-state index is 0.395. The second-order valence-electron chi connectivity index (χ2n) is 3.79. The van der Waals surface area contributed by atoms with Crippen LogP contribution in [0.5, 0.6) is 5.75 Å². The Morgan fingerprint density at radius 1 is 1.29 bits per heavy atom. The topological polar surface area (TPSA) is 23.5 Å². The summed E-state index contributed by atoms with van der Waals surface area (Å²) in [6.45, 7) is 8.31. The molecule has 0 amide bonds. The molecular weight excluding hydrogens is 174 g/mol. The monoisotopic (exact) mass is 193 g/mol. The molecule has 1 aromatic carbocycles. The SMILES string of the molecule is CCN(Cc1ccccc1O)C(C)C. The minimum absolute atomic E-state index is 0.395. The van der Waals surface area contributed by atoms with E-state index in [1.807, 2.05) is 18.2 Å². The van der Waals surface area contributed by atoms with Gasteiger partial charge in [-0.15, -0.1) is 0 Å². The first kappa shape index (κ1) is 11.1. The second-order valence-corrected chi connectivity index (χ2v) is 3.79. The van der Waals surface area contributed by atoms with Crippen molar-refractivity contribution in [3.05, 3.63) is 29.8 Å². The molecule has 0 unspecified atom stereocenters. The van der Waals surface area contributed by atoms with E-state index in [4.69, 9.17) is 0 Å². The molecule has 78 valence electrons. The molecule has 0 spiro atoms. The van der Waals surface area contributed by atoms with Crippen LogP contribution in [0.3, 0.4) is 0 Å². The predicted octanol–water partition coefficient (Wildman–Crippen LogP) is 2.62. The third kappa shape index (κ3) is 2.74. The lowest BCUT2D eigenvalue weighted by Gasteiger charge is -2.24. The number of hydrogen-bond acceptors (Lipinski definition) is 2. The van der Waals surface area contributed by atoms with Gasteiger partial charge in [-0.1, -0.05) is 25.1 Å². The maximum absolute atomic E-state index is 9.61. The van der Waals surface area contributed by atoms with E-state index in [9.17, 15) is 5.11 Å². The second kappa shape index (κ2) is 5.01. The van der Waals surface area contributed by atoms with Gasteiger partial charge in [0, 0.05) is 18.2 Å². The van der Waals surface area contributed by atoms with Gasteiger partial charge in [-0.2, -0.15) is 0 Å². The number of hydrogen-bond donors (Lipinski definition) is 1. The van der Waals surface area contributed by atoms with E-state index in [-0.39, 0.29) is 0 Å². The van der Waals surface area contributed by atoms with Crippen LogP contribution < -0.4 is 0 Å². The summed E-state index contributed by atoms with van der Waals surface area (Å²) in [5.74, 6) is 0.395. The smallest absolute Gasteiger partial charge is 0.120 e. The summed E-state index contributed by atoms with van der Waals surface area (Å²) in [7, 11) is 0. The van der Waals surface area contributed by atoms with E-state index in [1.165, 1.54) is 0 Å². The molecule has 0 aliphatic carbocycles. The number of aromatic hydroxyl groups is 1. The average molecular weight is 193 g/mol. The summed E-state index contributed by atoms with van der Waals surface area (Å²) < 4.78 is 0. The molecule has 0 bridgehead atoms. The zero-order chi connectivity index (χ0) is 10.6. The van der Waals surface area contributed by atoms with Crippen LogP contribution in [0.2, 0.25) is 0 Å². The molecular formula is C12H19NO. The normalized spacial score (nSPS) is 11.2. The van der Waals surface area contributed by atoms with E-state index in [1.54, 1.807) is 6.07 Å². The first-order chi connectivity index (χ1) is 6.65. The van der Waals surface area contributed by atoms with Crippen LogP contribution >= 0.6 is 0 Å². The number of rotatable bonds is 4. The lowest BCUT2D eigenvalue weighted by Crippen LogP contribution is -2.29. The molecule has 1 N–H and O–H groups in total. The molecule has 0 atom stereocenters. The van der Waals surface area contributed by atoms with Crippen LogP contribution in [0.15, 0.2) is 24.3 Å². The zero-order valence-electron chi connectivity index (χ0n) is 9.20. The lowest BCUT2D eigenvalue weighted by molar-refractivity contribution is 0.222. The first-order valence-corrected chi connectivity index (χ1v) is 5.16. The molecule has 0 fully saturated rings. The summed E-state index contributed by atoms with van der Waals surface area (Å²) in [6.07, 6.45) is 0. The molecule has 14 heavy (non-hydrogen) atoms. The number of benzene rings is 1. The number of phenolic OH excluding ortho intramolecular Hbond substituents is 1. The Morgan fingerprint density at radius 3 is 2.43 bits per heavy atom. The fraction of sp³-hybridized carbons (Fsp3) is 0.500. The Bertz CT molecular complexity index is 283. The predicted molar refractivity (Wildman–Crippen MR) is 59.3 cm³/mol.